The normalized spacial score (nSPS) is 54.0. The van der Waals surface area contributed by atoms with Gasteiger partial charge in [-0.25, -0.2) is 0 Å². The lowest BCUT2D eigenvalue weighted by atomic mass is 9.81. The van der Waals surface area contributed by atoms with Crippen LogP contribution in [0.1, 0.15) is 19.3 Å². The van der Waals surface area contributed by atoms with Crippen molar-refractivity contribution in [1.82, 2.24) is 0 Å². The molecule has 0 aromatic heterocycles. The molecule has 3 heteroatoms. The Kier molecular flexibility index (Phi) is 0.875. The number of carbonyl (C=O) groups excluding carboxylic acids is 1. The molecule has 4 aliphatic rings. The Labute approximate surface area is 69.8 Å². The van der Waals surface area contributed by atoms with Gasteiger partial charge in [-0.15, -0.1) is 0 Å². The average molecular weight is 166 g/mol. The Morgan fingerprint density at radius 2 is 2.25 bits per heavy atom. The van der Waals surface area contributed by atoms with Crippen LogP contribution in [-0.4, -0.2) is 16.9 Å². The van der Waals surface area contributed by atoms with E-state index in [-0.39, 0.29) is 23.5 Å². The predicted molar refractivity (Wildman–Crippen MR) is 39.4 cm³/mol. The SMILES string of the molecule is O=C1C2CCC3C1C3(C(=O)O)C2. The predicted octanol–water partition coefficient (Wildman–Crippen LogP) is 0.686. The lowest BCUT2D eigenvalue weighted by Gasteiger charge is -2.22. The molecule has 0 aromatic carbocycles. The van der Waals surface area contributed by atoms with Gasteiger partial charge in [-0.1, -0.05) is 0 Å². The van der Waals surface area contributed by atoms with Crippen molar-refractivity contribution in [3.8, 4) is 0 Å². The van der Waals surface area contributed by atoms with Gasteiger partial charge in [0, 0.05) is 11.8 Å². The summed E-state index contributed by atoms with van der Waals surface area (Å²) in [6.45, 7) is 0. The first-order chi connectivity index (χ1) is 5.68. The zero-order valence-electron chi connectivity index (χ0n) is 6.62. The number of carbonyl (C=O) groups is 2. The van der Waals surface area contributed by atoms with Crippen LogP contribution in [-0.2, 0) is 9.59 Å². The van der Waals surface area contributed by atoms with Gasteiger partial charge in [0.05, 0.1) is 5.41 Å². The molecule has 4 unspecified atom stereocenters. The standard InChI is InChI=1S/C9H10O3/c10-7-4-1-2-5-6(7)9(5,3-4)8(11)12/h4-6H,1-3H2,(H,11,12). The maximum Gasteiger partial charge on any atom is 0.310 e. The van der Waals surface area contributed by atoms with Crippen LogP contribution in [0.25, 0.3) is 0 Å². The zero-order chi connectivity index (χ0) is 8.51. The molecule has 3 nitrogen and oxygen atoms in total. The lowest BCUT2D eigenvalue weighted by molar-refractivity contribution is -0.145. The van der Waals surface area contributed by atoms with E-state index in [0.717, 1.165) is 12.8 Å². The summed E-state index contributed by atoms with van der Waals surface area (Å²) in [7, 11) is 0. The topological polar surface area (TPSA) is 54.4 Å². The molecule has 64 valence electrons. The number of carboxylic acids is 1. The van der Waals surface area contributed by atoms with Crippen LogP contribution in [0, 0.1) is 23.2 Å². The molecule has 0 aliphatic heterocycles. The highest BCUT2D eigenvalue weighted by molar-refractivity contribution is 6.00. The largest absolute Gasteiger partial charge is 0.481 e. The fourth-order valence-electron chi connectivity index (χ4n) is 3.44. The van der Waals surface area contributed by atoms with E-state index >= 15 is 0 Å². The second-order valence-electron chi connectivity index (χ2n) is 4.31. The summed E-state index contributed by atoms with van der Waals surface area (Å²) in [4.78, 5) is 22.4. The van der Waals surface area contributed by atoms with Crippen molar-refractivity contribution in [2.24, 2.45) is 23.2 Å². The van der Waals surface area contributed by atoms with Crippen molar-refractivity contribution >= 4 is 11.8 Å². The number of hydrogen-bond donors (Lipinski definition) is 1. The summed E-state index contributed by atoms with van der Waals surface area (Å²) in [5.74, 6) is -0.279. The van der Waals surface area contributed by atoms with Crippen LogP contribution in [0.2, 0.25) is 0 Å². The minimum atomic E-state index is -0.729. The minimum Gasteiger partial charge on any atom is -0.481 e. The van der Waals surface area contributed by atoms with Crippen molar-refractivity contribution in [3.05, 3.63) is 0 Å². The van der Waals surface area contributed by atoms with Crippen LogP contribution in [0.15, 0.2) is 0 Å². The molecule has 4 rings (SSSR count). The highest BCUT2D eigenvalue weighted by atomic mass is 16.4. The second-order valence-corrected chi connectivity index (χ2v) is 4.31. The molecule has 0 saturated heterocycles. The van der Waals surface area contributed by atoms with E-state index in [1.165, 1.54) is 0 Å². The van der Waals surface area contributed by atoms with E-state index in [4.69, 9.17) is 5.11 Å². The average Bonchev–Trinajstić information content (AvgIpc) is 2.65. The number of aliphatic carboxylic acids is 1. The summed E-state index contributed by atoms with van der Waals surface area (Å²) in [5, 5.41) is 9.00. The van der Waals surface area contributed by atoms with Crippen LogP contribution >= 0.6 is 0 Å². The number of carboxylic acid groups (broad SMARTS) is 1. The van der Waals surface area contributed by atoms with E-state index in [9.17, 15) is 9.59 Å². The van der Waals surface area contributed by atoms with Crippen molar-refractivity contribution in [2.45, 2.75) is 19.3 Å². The Bertz CT molecular complexity index is 296. The molecule has 0 spiro atoms. The minimum absolute atomic E-state index is 0.0891. The molecule has 4 atom stereocenters. The van der Waals surface area contributed by atoms with E-state index in [0.29, 0.717) is 6.42 Å². The Morgan fingerprint density at radius 3 is 2.58 bits per heavy atom. The maximum atomic E-state index is 11.5. The highest BCUT2D eigenvalue weighted by Gasteiger charge is 2.79. The van der Waals surface area contributed by atoms with Crippen LogP contribution in [0.3, 0.4) is 0 Å². The molecule has 0 amide bonds. The number of ketones is 1. The van der Waals surface area contributed by atoms with E-state index in [1.807, 2.05) is 0 Å². The van der Waals surface area contributed by atoms with Crippen molar-refractivity contribution < 1.29 is 14.7 Å². The van der Waals surface area contributed by atoms with Gasteiger partial charge < -0.3 is 5.11 Å². The number of Topliss-reactive ketones (excluding diaryl/α,β-unsaturated/α-hetero) is 1. The molecule has 1 N–H and O–H groups in total. The van der Waals surface area contributed by atoms with E-state index < -0.39 is 11.4 Å². The fourth-order valence-corrected chi connectivity index (χ4v) is 3.44. The first kappa shape index (κ1) is 6.63. The van der Waals surface area contributed by atoms with Gasteiger partial charge >= 0.3 is 5.97 Å². The number of fused-ring (bicyclic) bond motifs is 1. The third-order valence-corrected chi connectivity index (χ3v) is 4.03. The molecular formula is C9H10O3. The molecule has 4 aliphatic carbocycles. The van der Waals surface area contributed by atoms with Crippen LogP contribution in [0.4, 0.5) is 0 Å². The second kappa shape index (κ2) is 1.58. The Balaban J connectivity index is 2.06. The molecule has 4 bridgehead atoms. The van der Waals surface area contributed by atoms with Gasteiger partial charge in [-0.3, -0.25) is 9.59 Å². The highest BCUT2D eigenvalue weighted by Crippen LogP contribution is 2.73. The van der Waals surface area contributed by atoms with Crippen molar-refractivity contribution in [1.29, 1.82) is 0 Å². The first-order valence-corrected chi connectivity index (χ1v) is 4.45. The quantitative estimate of drug-likeness (QED) is 0.623. The zero-order valence-corrected chi connectivity index (χ0v) is 6.62. The molecule has 0 radical (unpaired) electrons. The van der Waals surface area contributed by atoms with E-state index in [2.05, 4.69) is 0 Å². The molecule has 12 heavy (non-hydrogen) atoms. The summed E-state index contributed by atoms with van der Waals surface area (Å²) < 4.78 is 0. The van der Waals surface area contributed by atoms with E-state index in [1.54, 1.807) is 0 Å². The smallest absolute Gasteiger partial charge is 0.310 e. The molecule has 0 aromatic rings. The third-order valence-electron chi connectivity index (χ3n) is 4.03. The number of hydrogen-bond acceptors (Lipinski definition) is 2. The Hall–Kier alpha value is -0.860. The summed E-state index contributed by atoms with van der Waals surface area (Å²) in [5.41, 5.74) is -0.583. The van der Waals surface area contributed by atoms with Crippen LogP contribution in [0.5, 0.6) is 0 Å². The van der Waals surface area contributed by atoms with Gasteiger partial charge in [0.25, 0.3) is 0 Å². The first-order valence-electron chi connectivity index (χ1n) is 4.45. The van der Waals surface area contributed by atoms with Gasteiger partial charge in [0.15, 0.2) is 0 Å². The van der Waals surface area contributed by atoms with Gasteiger partial charge in [-0.2, -0.15) is 0 Å². The van der Waals surface area contributed by atoms with Crippen LogP contribution < -0.4 is 0 Å². The summed E-state index contributed by atoms with van der Waals surface area (Å²) in [6.07, 6.45) is 2.54. The van der Waals surface area contributed by atoms with Gasteiger partial charge in [0.2, 0.25) is 0 Å². The number of rotatable bonds is 1. The Morgan fingerprint density at radius 1 is 1.50 bits per heavy atom. The molecule has 0 heterocycles. The molecule has 4 fully saturated rings. The fraction of sp³-hybridized carbons (Fsp3) is 0.778. The summed E-state index contributed by atoms with van der Waals surface area (Å²) in [6, 6.07) is 0. The molecule has 4 saturated carbocycles. The third kappa shape index (κ3) is 0.439. The lowest BCUT2D eigenvalue weighted by Crippen LogP contribution is -2.25. The monoisotopic (exact) mass is 166 g/mol. The maximum absolute atomic E-state index is 11.5. The molecular weight excluding hydrogens is 156 g/mol. The van der Waals surface area contributed by atoms with Crippen molar-refractivity contribution in [3.63, 3.8) is 0 Å². The van der Waals surface area contributed by atoms with Crippen molar-refractivity contribution in [2.75, 3.05) is 0 Å². The summed E-state index contributed by atoms with van der Waals surface area (Å²) >= 11 is 0. The van der Waals surface area contributed by atoms with Gasteiger partial charge in [-0.05, 0) is 25.2 Å². The van der Waals surface area contributed by atoms with Gasteiger partial charge in [0.1, 0.15) is 5.78 Å².